The summed E-state index contributed by atoms with van der Waals surface area (Å²) in [7, 11) is -3.36. The number of carbonyl (C=O) groups is 1. The van der Waals surface area contributed by atoms with Gasteiger partial charge in [-0.1, -0.05) is 53.6 Å². The Morgan fingerprint density at radius 1 is 1.03 bits per heavy atom. The van der Waals surface area contributed by atoms with Gasteiger partial charge in [0.15, 0.2) is 0 Å². The number of benzene rings is 2. The predicted molar refractivity (Wildman–Crippen MR) is 121 cm³/mol. The molecule has 5 nitrogen and oxygen atoms in total. The van der Waals surface area contributed by atoms with Crippen molar-refractivity contribution in [1.29, 1.82) is 0 Å². The van der Waals surface area contributed by atoms with Gasteiger partial charge in [-0.3, -0.25) is 4.79 Å². The van der Waals surface area contributed by atoms with Gasteiger partial charge in [-0.25, -0.2) is 12.7 Å². The Balaban J connectivity index is 1.40. The zero-order chi connectivity index (χ0) is 21.6. The smallest absolute Gasteiger partial charge is 0.223 e. The fourth-order valence-corrected chi connectivity index (χ4v) is 5.37. The molecule has 0 unspecified atom stereocenters. The molecule has 1 aliphatic rings. The monoisotopic (exact) mass is 448 g/mol. The van der Waals surface area contributed by atoms with E-state index < -0.39 is 10.0 Å². The van der Waals surface area contributed by atoms with Crippen LogP contribution in [0.25, 0.3) is 0 Å². The van der Waals surface area contributed by atoms with Crippen molar-refractivity contribution in [3.8, 4) is 0 Å². The summed E-state index contributed by atoms with van der Waals surface area (Å²) in [6.45, 7) is 3.40. The number of carbonyl (C=O) groups excluding carboxylic acids is 1. The molecule has 30 heavy (non-hydrogen) atoms. The average molecular weight is 449 g/mol. The lowest BCUT2D eigenvalue weighted by Gasteiger charge is -2.30. The quantitative estimate of drug-likeness (QED) is 0.622. The van der Waals surface area contributed by atoms with Crippen molar-refractivity contribution in [3.05, 3.63) is 70.2 Å². The summed E-state index contributed by atoms with van der Waals surface area (Å²) >= 11 is 5.89. The van der Waals surface area contributed by atoms with Crippen LogP contribution in [0.4, 0.5) is 0 Å². The van der Waals surface area contributed by atoms with Gasteiger partial charge in [0.05, 0.1) is 5.75 Å². The molecule has 0 bridgehead atoms. The number of halogens is 1. The summed E-state index contributed by atoms with van der Waals surface area (Å²) in [6, 6.07) is 15.3. The molecule has 1 fully saturated rings. The number of amides is 1. The van der Waals surface area contributed by atoms with E-state index in [4.69, 9.17) is 11.6 Å². The van der Waals surface area contributed by atoms with Crippen molar-refractivity contribution in [2.45, 2.75) is 38.4 Å². The molecule has 1 N–H and O–H groups in total. The molecule has 1 heterocycles. The molecule has 1 amide bonds. The van der Waals surface area contributed by atoms with Gasteiger partial charge in [0.25, 0.3) is 0 Å². The standard InChI is InChI=1S/C23H29ClN2O3S/c1-18-4-6-20(7-5-18)17-30(28,29)26-15-12-21(13-16-26)23(27)25-14-2-3-19-8-10-22(24)11-9-19/h4-11,21H,2-3,12-17H2,1H3,(H,25,27). The van der Waals surface area contributed by atoms with E-state index in [0.717, 1.165) is 29.0 Å². The van der Waals surface area contributed by atoms with Crippen LogP contribution in [0.5, 0.6) is 0 Å². The number of hydrogen-bond acceptors (Lipinski definition) is 3. The minimum atomic E-state index is -3.36. The molecule has 0 saturated carbocycles. The van der Waals surface area contributed by atoms with Gasteiger partial charge in [0, 0.05) is 30.6 Å². The van der Waals surface area contributed by atoms with Crippen molar-refractivity contribution >= 4 is 27.5 Å². The summed E-state index contributed by atoms with van der Waals surface area (Å²) in [5.74, 6) is -0.0810. The highest BCUT2D eigenvalue weighted by molar-refractivity contribution is 7.88. The Labute approximate surface area is 184 Å². The molecule has 0 spiro atoms. The first kappa shape index (κ1) is 22.8. The van der Waals surface area contributed by atoms with E-state index in [-0.39, 0.29) is 17.6 Å². The van der Waals surface area contributed by atoms with E-state index in [1.165, 1.54) is 9.87 Å². The zero-order valence-electron chi connectivity index (χ0n) is 17.3. The van der Waals surface area contributed by atoms with Crippen molar-refractivity contribution in [1.82, 2.24) is 9.62 Å². The van der Waals surface area contributed by atoms with Gasteiger partial charge in [-0.05, 0) is 55.9 Å². The van der Waals surface area contributed by atoms with Crippen LogP contribution < -0.4 is 5.32 Å². The summed E-state index contributed by atoms with van der Waals surface area (Å²) in [6.07, 6.45) is 2.87. The summed E-state index contributed by atoms with van der Waals surface area (Å²) < 4.78 is 26.9. The Bertz CT molecular complexity index is 935. The molecule has 0 aliphatic carbocycles. The third-order valence-corrected chi connectivity index (χ3v) is 7.64. The molecule has 1 saturated heterocycles. The van der Waals surface area contributed by atoms with Crippen molar-refractivity contribution < 1.29 is 13.2 Å². The van der Waals surface area contributed by atoms with E-state index in [0.29, 0.717) is 32.5 Å². The van der Waals surface area contributed by atoms with Crippen LogP contribution in [-0.2, 0) is 27.0 Å². The average Bonchev–Trinajstić information content (AvgIpc) is 2.74. The van der Waals surface area contributed by atoms with Crippen LogP contribution >= 0.6 is 11.6 Å². The summed E-state index contributed by atoms with van der Waals surface area (Å²) in [5.41, 5.74) is 3.10. The molecule has 0 radical (unpaired) electrons. The van der Waals surface area contributed by atoms with Gasteiger partial charge in [-0.15, -0.1) is 0 Å². The van der Waals surface area contributed by atoms with Crippen LogP contribution in [0.1, 0.15) is 36.0 Å². The number of nitrogens with one attached hydrogen (secondary N) is 1. The largest absolute Gasteiger partial charge is 0.356 e. The molecule has 0 aromatic heterocycles. The lowest BCUT2D eigenvalue weighted by atomic mass is 9.97. The second kappa shape index (κ2) is 10.4. The first-order valence-electron chi connectivity index (χ1n) is 10.4. The first-order chi connectivity index (χ1) is 14.3. The van der Waals surface area contributed by atoms with E-state index in [1.807, 2.05) is 55.5 Å². The maximum atomic E-state index is 12.7. The maximum absolute atomic E-state index is 12.7. The van der Waals surface area contributed by atoms with Gasteiger partial charge in [0.2, 0.25) is 15.9 Å². The number of aryl methyl sites for hydroxylation is 2. The lowest BCUT2D eigenvalue weighted by molar-refractivity contribution is -0.126. The normalized spacial score (nSPS) is 15.8. The van der Waals surface area contributed by atoms with Crippen LogP contribution in [0, 0.1) is 12.8 Å². The van der Waals surface area contributed by atoms with Crippen LogP contribution in [0.2, 0.25) is 5.02 Å². The molecule has 162 valence electrons. The molecular formula is C23H29ClN2O3S. The van der Waals surface area contributed by atoms with E-state index in [2.05, 4.69) is 5.32 Å². The molecule has 0 atom stereocenters. The molecular weight excluding hydrogens is 420 g/mol. The Kier molecular flexibility index (Phi) is 7.92. The van der Waals surface area contributed by atoms with E-state index >= 15 is 0 Å². The predicted octanol–water partition coefficient (Wildman–Crippen LogP) is 3.94. The Morgan fingerprint density at radius 3 is 2.27 bits per heavy atom. The fraction of sp³-hybridized carbons (Fsp3) is 0.435. The maximum Gasteiger partial charge on any atom is 0.223 e. The van der Waals surface area contributed by atoms with Gasteiger partial charge in [0.1, 0.15) is 0 Å². The number of sulfonamides is 1. The van der Waals surface area contributed by atoms with Crippen molar-refractivity contribution in [2.75, 3.05) is 19.6 Å². The topological polar surface area (TPSA) is 66.5 Å². The molecule has 3 rings (SSSR count). The molecule has 2 aromatic carbocycles. The van der Waals surface area contributed by atoms with E-state index in [1.54, 1.807) is 0 Å². The Morgan fingerprint density at radius 2 is 1.63 bits per heavy atom. The molecule has 7 heteroatoms. The third kappa shape index (κ3) is 6.56. The summed E-state index contributed by atoms with van der Waals surface area (Å²) in [4.78, 5) is 12.4. The Hall–Kier alpha value is -1.89. The minimum Gasteiger partial charge on any atom is -0.356 e. The zero-order valence-corrected chi connectivity index (χ0v) is 18.9. The minimum absolute atomic E-state index is 0.00877. The lowest BCUT2D eigenvalue weighted by Crippen LogP contribution is -2.43. The van der Waals surface area contributed by atoms with Crippen LogP contribution in [-0.4, -0.2) is 38.3 Å². The first-order valence-corrected chi connectivity index (χ1v) is 12.4. The summed E-state index contributed by atoms with van der Waals surface area (Å²) in [5, 5.41) is 3.72. The highest BCUT2D eigenvalue weighted by Crippen LogP contribution is 2.22. The number of rotatable bonds is 8. The van der Waals surface area contributed by atoms with Crippen molar-refractivity contribution in [2.24, 2.45) is 5.92 Å². The van der Waals surface area contributed by atoms with Crippen LogP contribution in [0.15, 0.2) is 48.5 Å². The van der Waals surface area contributed by atoms with Gasteiger partial charge in [-0.2, -0.15) is 0 Å². The highest BCUT2D eigenvalue weighted by atomic mass is 35.5. The second-order valence-electron chi connectivity index (χ2n) is 7.94. The third-order valence-electron chi connectivity index (χ3n) is 5.54. The van der Waals surface area contributed by atoms with Gasteiger partial charge < -0.3 is 5.32 Å². The van der Waals surface area contributed by atoms with Gasteiger partial charge >= 0.3 is 0 Å². The van der Waals surface area contributed by atoms with E-state index in [9.17, 15) is 13.2 Å². The number of hydrogen-bond donors (Lipinski definition) is 1. The number of piperidine rings is 1. The van der Waals surface area contributed by atoms with Crippen LogP contribution in [0.3, 0.4) is 0 Å². The fourth-order valence-electron chi connectivity index (χ4n) is 3.68. The molecule has 2 aromatic rings. The van der Waals surface area contributed by atoms with Crippen molar-refractivity contribution in [3.63, 3.8) is 0 Å². The SMILES string of the molecule is Cc1ccc(CS(=O)(=O)N2CCC(C(=O)NCCCc3ccc(Cl)cc3)CC2)cc1. The second-order valence-corrected chi connectivity index (χ2v) is 10.3. The molecule has 1 aliphatic heterocycles. The number of nitrogens with zero attached hydrogens (tertiary/aromatic N) is 1. The highest BCUT2D eigenvalue weighted by Gasteiger charge is 2.31.